The number of carbonyl (C=O) groups excluding carboxylic acids is 2. The van der Waals surface area contributed by atoms with E-state index in [1.54, 1.807) is 0 Å². The number of urea groups is 1. The highest BCUT2D eigenvalue weighted by Crippen LogP contribution is 2.45. The molecule has 4 rings (SSSR count). The Balaban J connectivity index is 1.57. The van der Waals surface area contributed by atoms with Crippen molar-refractivity contribution in [2.24, 2.45) is 5.92 Å². The van der Waals surface area contributed by atoms with E-state index in [1.165, 1.54) is 26.9 Å². The highest BCUT2D eigenvalue weighted by Gasteiger charge is 2.43. The molecule has 2 heterocycles. The third kappa shape index (κ3) is 3.95. The summed E-state index contributed by atoms with van der Waals surface area (Å²) in [6, 6.07) is 6.52. The van der Waals surface area contributed by atoms with Gasteiger partial charge in [-0.15, -0.1) is 0 Å². The van der Waals surface area contributed by atoms with Gasteiger partial charge in [-0.3, -0.25) is 9.69 Å². The van der Waals surface area contributed by atoms with Crippen LogP contribution in [0.5, 0.6) is 0 Å². The number of piperidine rings is 1. The van der Waals surface area contributed by atoms with Gasteiger partial charge in [0.2, 0.25) is 5.91 Å². The molecule has 0 saturated carbocycles. The Morgan fingerprint density at radius 3 is 2.78 bits per heavy atom. The van der Waals surface area contributed by atoms with Crippen LogP contribution in [-0.4, -0.2) is 84.6 Å². The van der Waals surface area contributed by atoms with Crippen molar-refractivity contribution in [1.82, 2.24) is 24.6 Å². The molecule has 7 heteroatoms. The van der Waals surface area contributed by atoms with Crippen LogP contribution in [0.15, 0.2) is 31.0 Å². The number of carbonyl (C=O) groups is 2. The van der Waals surface area contributed by atoms with Gasteiger partial charge in [0, 0.05) is 55.9 Å². The van der Waals surface area contributed by atoms with Crippen molar-refractivity contribution in [2.45, 2.75) is 31.7 Å². The minimum Gasteiger partial charge on any atom is -0.336 e. The number of fused-ring (bicyclic) bond motifs is 2. The molecular formula is C25H35N5O2. The highest BCUT2D eigenvalue weighted by atomic mass is 16.2. The van der Waals surface area contributed by atoms with E-state index < -0.39 is 0 Å². The number of benzene rings is 1. The summed E-state index contributed by atoms with van der Waals surface area (Å²) < 4.78 is 2.10. The number of nitrogens with one attached hydrogen (secondary N) is 1. The zero-order chi connectivity index (χ0) is 23.0. The first-order valence-corrected chi connectivity index (χ1v) is 11.5. The quantitative estimate of drug-likeness (QED) is 0.755. The summed E-state index contributed by atoms with van der Waals surface area (Å²) in [4.78, 5) is 31.9. The number of hydrogen-bond donors (Lipinski definition) is 1. The number of aromatic nitrogens is 1. The van der Waals surface area contributed by atoms with Gasteiger partial charge in [0.15, 0.2) is 0 Å². The summed E-state index contributed by atoms with van der Waals surface area (Å²) in [6.45, 7) is 8.14. The second-order valence-electron chi connectivity index (χ2n) is 9.35. The molecule has 1 unspecified atom stereocenters. The summed E-state index contributed by atoms with van der Waals surface area (Å²) >= 11 is 0. The molecule has 1 saturated heterocycles. The number of imide groups is 1. The topological polar surface area (TPSA) is 60.8 Å². The van der Waals surface area contributed by atoms with Crippen molar-refractivity contribution in [1.29, 1.82) is 0 Å². The van der Waals surface area contributed by atoms with Gasteiger partial charge in [-0.2, -0.15) is 0 Å². The summed E-state index contributed by atoms with van der Waals surface area (Å²) in [6.07, 6.45) is 5.79. The molecule has 2 aliphatic rings. The molecule has 1 aromatic heterocycles. The SMILES string of the molecule is C=Cn1cc2c3c(cccc31)C1C[C@@H](C(=O)N(CC)C(=O)NCCN(C)C)CN(C)[C@@H]1C2. The lowest BCUT2D eigenvalue weighted by atomic mass is 9.72. The first-order valence-electron chi connectivity index (χ1n) is 11.5. The molecule has 2 aromatic rings. The number of amides is 3. The van der Waals surface area contributed by atoms with Gasteiger partial charge in [0.1, 0.15) is 0 Å². The van der Waals surface area contributed by atoms with Crippen LogP contribution in [0.1, 0.15) is 30.4 Å². The smallest absolute Gasteiger partial charge is 0.324 e. The summed E-state index contributed by atoms with van der Waals surface area (Å²) in [5, 5.41) is 4.20. The van der Waals surface area contributed by atoms with Crippen LogP contribution in [0.4, 0.5) is 4.79 Å². The Morgan fingerprint density at radius 2 is 2.09 bits per heavy atom. The predicted octanol–water partition coefficient (Wildman–Crippen LogP) is 2.82. The third-order valence-electron chi connectivity index (χ3n) is 7.08. The molecular weight excluding hydrogens is 402 g/mol. The van der Waals surface area contributed by atoms with Crippen molar-refractivity contribution in [3.05, 3.63) is 42.1 Å². The molecule has 0 spiro atoms. The number of rotatable bonds is 6. The maximum atomic E-state index is 13.4. The van der Waals surface area contributed by atoms with E-state index >= 15 is 0 Å². The van der Waals surface area contributed by atoms with Crippen LogP contribution >= 0.6 is 0 Å². The second-order valence-corrected chi connectivity index (χ2v) is 9.35. The normalized spacial score (nSPS) is 22.6. The lowest BCUT2D eigenvalue weighted by Gasteiger charge is -2.45. The van der Waals surface area contributed by atoms with Gasteiger partial charge in [-0.05, 0) is 58.1 Å². The van der Waals surface area contributed by atoms with Gasteiger partial charge >= 0.3 is 6.03 Å². The maximum Gasteiger partial charge on any atom is 0.324 e. The zero-order valence-electron chi connectivity index (χ0n) is 19.7. The van der Waals surface area contributed by atoms with Crippen LogP contribution in [0.25, 0.3) is 17.1 Å². The van der Waals surface area contributed by atoms with Crippen LogP contribution in [0, 0.1) is 5.92 Å². The van der Waals surface area contributed by atoms with Gasteiger partial charge in [-0.25, -0.2) is 4.79 Å². The predicted molar refractivity (Wildman–Crippen MR) is 129 cm³/mol. The maximum absolute atomic E-state index is 13.4. The molecule has 3 atom stereocenters. The number of likely N-dealkylation sites (tertiary alicyclic amines) is 1. The van der Waals surface area contributed by atoms with E-state index in [9.17, 15) is 9.59 Å². The minimum atomic E-state index is -0.291. The Hall–Kier alpha value is -2.64. The van der Waals surface area contributed by atoms with Gasteiger partial charge in [-0.1, -0.05) is 18.7 Å². The third-order valence-corrected chi connectivity index (χ3v) is 7.08. The van der Waals surface area contributed by atoms with E-state index in [4.69, 9.17) is 0 Å². The molecule has 1 aliphatic carbocycles. The van der Waals surface area contributed by atoms with Crippen LogP contribution < -0.4 is 5.32 Å². The average molecular weight is 438 g/mol. The van der Waals surface area contributed by atoms with Crippen molar-refractivity contribution in [2.75, 3.05) is 47.3 Å². The molecule has 3 amide bonds. The van der Waals surface area contributed by atoms with Crippen molar-refractivity contribution >= 4 is 29.0 Å². The summed E-state index contributed by atoms with van der Waals surface area (Å²) in [5.74, 6) is 0.0101. The molecule has 0 bridgehead atoms. The molecule has 7 nitrogen and oxygen atoms in total. The fourth-order valence-corrected chi connectivity index (χ4v) is 5.51. The van der Waals surface area contributed by atoms with E-state index in [-0.39, 0.29) is 23.8 Å². The Kier molecular flexibility index (Phi) is 6.40. The Labute approximate surface area is 190 Å². The van der Waals surface area contributed by atoms with E-state index in [2.05, 4.69) is 52.8 Å². The molecule has 1 aromatic carbocycles. The van der Waals surface area contributed by atoms with E-state index in [1.807, 2.05) is 32.1 Å². The van der Waals surface area contributed by atoms with Crippen LogP contribution in [0.3, 0.4) is 0 Å². The van der Waals surface area contributed by atoms with Crippen molar-refractivity contribution in [3.63, 3.8) is 0 Å². The summed E-state index contributed by atoms with van der Waals surface area (Å²) in [7, 11) is 6.03. The van der Waals surface area contributed by atoms with Crippen LogP contribution in [-0.2, 0) is 11.2 Å². The van der Waals surface area contributed by atoms with Gasteiger partial charge < -0.3 is 19.7 Å². The second kappa shape index (κ2) is 9.08. The largest absolute Gasteiger partial charge is 0.336 e. The fourth-order valence-electron chi connectivity index (χ4n) is 5.51. The van der Waals surface area contributed by atoms with Crippen molar-refractivity contribution in [3.8, 4) is 0 Å². The fraction of sp³-hybridized carbons (Fsp3) is 0.520. The average Bonchev–Trinajstić information content (AvgIpc) is 3.13. The Bertz CT molecular complexity index is 1030. The molecule has 32 heavy (non-hydrogen) atoms. The molecule has 1 fully saturated rings. The van der Waals surface area contributed by atoms with Gasteiger partial charge in [0.25, 0.3) is 0 Å². The molecule has 1 aliphatic heterocycles. The monoisotopic (exact) mass is 437 g/mol. The lowest BCUT2D eigenvalue weighted by molar-refractivity contribution is -0.134. The minimum absolute atomic E-state index is 0.0678. The number of nitrogens with zero attached hydrogens (tertiary/aromatic N) is 4. The van der Waals surface area contributed by atoms with Gasteiger partial charge in [0.05, 0.1) is 11.4 Å². The molecule has 1 N–H and O–H groups in total. The van der Waals surface area contributed by atoms with E-state index in [0.717, 1.165) is 19.4 Å². The first-order chi connectivity index (χ1) is 15.3. The number of likely N-dealkylation sites (N-methyl/N-ethyl adjacent to an activating group) is 2. The van der Waals surface area contributed by atoms with E-state index in [0.29, 0.717) is 25.7 Å². The van der Waals surface area contributed by atoms with Crippen molar-refractivity contribution < 1.29 is 9.59 Å². The lowest BCUT2D eigenvalue weighted by Crippen LogP contribution is -2.54. The molecule has 0 radical (unpaired) electrons. The number of hydrogen-bond acceptors (Lipinski definition) is 4. The standard InChI is InChI=1S/C25H35N5O2/c1-6-29-16-17-14-22-20(19-9-8-10-21(29)23(17)19)13-18(15-28(22)5)24(31)30(7-2)25(32)26-11-12-27(3)4/h6,8-10,16,18,20,22H,1,7,11-15H2,2-5H3,(H,26,32)/t18-,20?,22-/m1/s1. The zero-order valence-corrected chi connectivity index (χ0v) is 19.7. The summed E-state index contributed by atoms with van der Waals surface area (Å²) in [5.41, 5.74) is 3.85. The first kappa shape index (κ1) is 22.6. The van der Waals surface area contributed by atoms with Crippen LogP contribution in [0.2, 0.25) is 0 Å². The molecule has 172 valence electrons. The highest BCUT2D eigenvalue weighted by molar-refractivity contribution is 5.96. The Morgan fingerprint density at radius 1 is 1.31 bits per heavy atom.